The standard InChI is InChI=1S/C7H13NO/c1-4-6(8)7(9)5(2)3/h6H,2,4,8H2,1,3H3. The van der Waals surface area contributed by atoms with E-state index in [9.17, 15) is 4.79 Å². The average molecular weight is 127 g/mol. The summed E-state index contributed by atoms with van der Waals surface area (Å²) in [5.41, 5.74) is 5.95. The Balaban J connectivity index is 3.88. The summed E-state index contributed by atoms with van der Waals surface area (Å²) in [7, 11) is 0. The molecule has 1 atom stereocenters. The fraction of sp³-hybridized carbons (Fsp3) is 0.571. The van der Waals surface area contributed by atoms with Crippen molar-refractivity contribution in [2.75, 3.05) is 0 Å². The van der Waals surface area contributed by atoms with Gasteiger partial charge >= 0.3 is 0 Å². The SMILES string of the molecule is C=C(C)C(=O)C(N)CC. The number of carbonyl (C=O) groups excluding carboxylic acids is 1. The maximum absolute atomic E-state index is 10.8. The van der Waals surface area contributed by atoms with Crippen LogP contribution in [0.5, 0.6) is 0 Å². The van der Waals surface area contributed by atoms with E-state index < -0.39 is 0 Å². The summed E-state index contributed by atoms with van der Waals surface area (Å²) in [4.78, 5) is 10.8. The van der Waals surface area contributed by atoms with Crippen molar-refractivity contribution in [3.63, 3.8) is 0 Å². The van der Waals surface area contributed by atoms with Crippen LogP contribution in [-0.4, -0.2) is 11.8 Å². The molecule has 0 radical (unpaired) electrons. The predicted molar refractivity (Wildman–Crippen MR) is 38.1 cm³/mol. The van der Waals surface area contributed by atoms with Gasteiger partial charge in [-0.25, -0.2) is 0 Å². The van der Waals surface area contributed by atoms with E-state index in [2.05, 4.69) is 6.58 Å². The lowest BCUT2D eigenvalue weighted by Crippen LogP contribution is -2.29. The summed E-state index contributed by atoms with van der Waals surface area (Å²) >= 11 is 0. The van der Waals surface area contributed by atoms with Crippen LogP contribution >= 0.6 is 0 Å². The van der Waals surface area contributed by atoms with Crippen molar-refractivity contribution in [2.24, 2.45) is 5.73 Å². The minimum absolute atomic E-state index is 0.0301. The van der Waals surface area contributed by atoms with E-state index in [1.54, 1.807) is 6.92 Å². The molecule has 0 saturated carbocycles. The highest BCUT2D eigenvalue weighted by molar-refractivity contribution is 5.98. The van der Waals surface area contributed by atoms with Crippen molar-refractivity contribution in [1.82, 2.24) is 0 Å². The van der Waals surface area contributed by atoms with E-state index in [0.29, 0.717) is 12.0 Å². The van der Waals surface area contributed by atoms with Crippen LogP contribution in [0.2, 0.25) is 0 Å². The molecule has 9 heavy (non-hydrogen) atoms. The fourth-order valence-electron chi connectivity index (χ4n) is 0.502. The molecule has 0 rings (SSSR count). The largest absolute Gasteiger partial charge is 0.321 e. The Morgan fingerprint density at radius 3 is 2.33 bits per heavy atom. The van der Waals surface area contributed by atoms with Crippen LogP contribution in [0.25, 0.3) is 0 Å². The number of Topliss-reactive ketones (excluding diaryl/α,β-unsaturated/α-hetero) is 1. The number of rotatable bonds is 3. The highest BCUT2D eigenvalue weighted by Crippen LogP contribution is 1.96. The van der Waals surface area contributed by atoms with Crippen molar-refractivity contribution in [3.8, 4) is 0 Å². The molecule has 52 valence electrons. The van der Waals surface area contributed by atoms with Gasteiger partial charge in [-0.2, -0.15) is 0 Å². The lowest BCUT2D eigenvalue weighted by molar-refractivity contribution is -0.116. The van der Waals surface area contributed by atoms with Crippen LogP contribution in [0.15, 0.2) is 12.2 Å². The smallest absolute Gasteiger partial charge is 0.174 e. The zero-order chi connectivity index (χ0) is 7.44. The van der Waals surface area contributed by atoms with Crippen LogP contribution in [0.4, 0.5) is 0 Å². The third kappa shape index (κ3) is 2.42. The third-order valence-electron chi connectivity index (χ3n) is 1.20. The molecule has 0 aromatic rings. The van der Waals surface area contributed by atoms with Gasteiger partial charge in [0.05, 0.1) is 6.04 Å². The molecule has 2 nitrogen and oxygen atoms in total. The molecule has 0 aliphatic rings. The Bertz CT molecular complexity index is 129. The van der Waals surface area contributed by atoms with Crippen LogP contribution in [0.1, 0.15) is 20.3 Å². The molecule has 0 heterocycles. The first-order valence-electron chi connectivity index (χ1n) is 3.05. The third-order valence-corrected chi connectivity index (χ3v) is 1.20. The molecule has 0 saturated heterocycles. The predicted octanol–water partition coefficient (Wildman–Crippen LogP) is 0.869. The molecular weight excluding hydrogens is 114 g/mol. The number of carbonyl (C=O) groups is 1. The minimum Gasteiger partial charge on any atom is -0.321 e. The Morgan fingerprint density at radius 2 is 2.22 bits per heavy atom. The normalized spacial score (nSPS) is 12.8. The second kappa shape index (κ2) is 3.41. The summed E-state index contributed by atoms with van der Waals surface area (Å²) in [6.07, 6.45) is 0.686. The first kappa shape index (κ1) is 8.37. The lowest BCUT2D eigenvalue weighted by Gasteiger charge is -2.04. The molecule has 0 aromatic carbocycles. The molecule has 0 bridgehead atoms. The number of hydrogen-bond donors (Lipinski definition) is 1. The van der Waals surface area contributed by atoms with Gasteiger partial charge in [0.2, 0.25) is 0 Å². The summed E-state index contributed by atoms with van der Waals surface area (Å²) in [5, 5.41) is 0. The number of ketones is 1. The molecule has 1 unspecified atom stereocenters. The molecule has 2 N–H and O–H groups in total. The molecular formula is C7H13NO. The van der Waals surface area contributed by atoms with Crippen LogP contribution < -0.4 is 5.73 Å². The average Bonchev–Trinajstić information content (AvgIpc) is 1.84. The zero-order valence-electron chi connectivity index (χ0n) is 5.98. The van der Waals surface area contributed by atoms with Gasteiger partial charge in [-0.15, -0.1) is 0 Å². The van der Waals surface area contributed by atoms with Crippen molar-refractivity contribution >= 4 is 5.78 Å². The second-order valence-corrected chi connectivity index (χ2v) is 2.16. The topological polar surface area (TPSA) is 43.1 Å². The molecule has 0 fully saturated rings. The van der Waals surface area contributed by atoms with Gasteiger partial charge in [0.15, 0.2) is 5.78 Å². The summed E-state index contributed by atoms with van der Waals surface area (Å²) in [6.45, 7) is 7.05. The van der Waals surface area contributed by atoms with E-state index >= 15 is 0 Å². The summed E-state index contributed by atoms with van der Waals surface area (Å²) in [6, 6.07) is -0.345. The van der Waals surface area contributed by atoms with Gasteiger partial charge in [-0.3, -0.25) is 4.79 Å². The van der Waals surface area contributed by atoms with Crippen molar-refractivity contribution < 1.29 is 4.79 Å². The lowest BCUT2D eigenvalue weighted by atomic mass is 10.1. The summed E-state index contributed by atoms with van der Waals surface area (Å²) in [5.74, 6) is -0.0301. The molecule has 0 aromatic heterocycles. The molecule has 0 aliphatic heterocycles. The van der Waals surface area contributed by atoms with Gasteiger partial charge in [0, 0.05) is 0 Å². The number of nitrogens with two attached hydrogens (primary N) is 1. The molecule has 0 spiro atoms. The Labute approximate surface area is 55.7 Å². The van der Waals surface area contributed by atoms with Crippen LogP contribution in [-0.2, 0) is 4.79 Å². The van der Waals surface area contributed by atoms with E-state index in [1.165, 1.54) is 0 Å². The molecule has 0 aliphatic carbocycles. The van der Waals surface area contributed by atoms with Gasteiger partial charge in [0.1, 0.15) is 0 Å². The second-order valence-electron chi connectivity index (χ2n) is 2.16. The number of hydrogen-bond acceptors (Lipinski definition) is 2. The zero-order valence-corrected chi connectivity index (χ0v) is 5.98. The first-order valence-corrected chi connectivity index (χ1v) is 3.05. The first-order chi connectivity index (χ1) is 4.09. The highest BCUT2D eigenvalue weighted by Gasteiger charge is 2.09. The van der Waals surface area contributed by atoms with Gasteiger partial charge < -0.3 is 5.73 Å². The monoisotopic (exact) mass is 127 g/mol. The van der Waals surface area contributed by atoms with Crippen molar-refractivity contribution in [3.05, 3.63) is 12.2 Å². The van der Waals surface area contributed by atoms with Crippen LogP contribution in [0, 0.1) is 0 Å². The molecule has 0 amide bonds. The fourth-order valence-corrected chi connectivity index (χ4v) is 0.502. The summed E-state index contributed by atoms with van der Waals surface area (Å²) < 4.78 is 0. The van der Waals surface area contributed by atoms with E-state index in [0.717, 1.165) is 0 Å². The highest BCUT2D eigenvalue weighted by atomic mass is 16.1. The van der Waals surface area contributed by atoms with Gasteiger partial charge in [-0.1, -0.05) is 13.5 Å². The Hall–Kier alpha value is -0.630. The minimum atomic E-state index is -0.345. The van der Waals surface area contributed by atoms with Crippen LogP contribution in [0.3, 0.4) is 0 Å². The van der Waals surface area contributed by atoms with E-state index in [1.807, 2.05) is 6.92 Å². The van der Waals surface area contributed by atoms with E-state index in [4.69, 9.17) is 5.73 Å². The van der Waals surface area contributed by atoms with Crippen molar-refractivity contribution in [1.29, 1.82) is 0 Å². The Kier molecular flexibility index (Phi) is 3.17. The van der Waals surface area contributed by atoms with Crippen molar-refractivity contribution in [2.45, 2.75) is 26.3 Å². The van der Waals surface area contributed by atoms with E-state index in [-0.39, 0.29) is 11.8 Å². The Morgan fingerprint density at radius 1 is 1.78 bits per heavy atom. The van der Waals surface area contributed by atoms with Gasteiger partial charge in [0.25, 0.3) is 0 Å². The molecule has 2 heteroatoms. The maximum Gasteiger partial charge on any atom is 0.174 e. The van der Waals surface area contributed by atoms with Gasteiger partial charge in [-0.05, 0) is 18.9 Å². The quantitative estimate of drug-likeness (QED) is 0.571. The maximum atomic E-state index is 10.8.